The maximum Gasteiger partial charge on any atom is 0.250 e. The molecule has 4 rings (SSSR count). The van der Waals surface area contributed by atoms with E-state index >= 15 is 0 Å². The topological polar surface area (TPSA) is 67.2 Å². The lowest BCUT2D eigenvalue weighted by Crippen LogP contribution is -2.32. The van der Waals surface area contributed by atoms with Crippen LogP contribution in [0.4, 0.5) is 5.69 Å². The van der Waals surface area contributed by atoms with E-state index < -0.39 is 0 Å². The first-order valence-corrected chi connectivity index (χ1v) is 11.2. The number of hydrogen-bond donors (Lipinski definition) is 2. The highest BCUT2D eigenvalue weighted by atomic mass is 32.1. The van der Waals surface area contributed by atoms with E-state index in [9.17, 15) is 4.79 Å². The maximum absolute atomic E-state index is 12.2. The Morgan fingerprint density at radius 1 is 1.03 bits per heavy atom. The van der Waals surface area contributed by atoms with Crippen LogP contribution in [0.1, 0.15) is 42.3 Å². The van der Waals surface area contributed by atoms with Crippen molar-refractivity contribution in [2.24, 2.45) is 0 Å². The zero-order valence-electron chi connectivity index (χ0n) is 18.5. The van der Waals surface area contributed by atoms with Gasteiger partial charge in [0.2, 0.25) is 5.91 Å². The summed E-state index contributed by atoms with van der Waals surface area (Å²) in [4.78, 5) is 16.7. The van der Waals surface area contributed by atoms with E-state index in [1.165, 1.54) is 11.6 Å². The molecule has 0 unspecified atom stereocenters. The zero-order chi connectivity index (χ0) is 23.2. The van der Waals surface area contributed by atoms with Gasteiger partial charge in [0, 0.05) is 18.2 Å². The summed E-state index contributed by atoms with van der Waals surface area (Å²) in [6, 6.07) is 23.6. The van der Waals surface area contributed by atoms with Crippen LogP contribution in [0.25, 0.3) is 17.2 Å². The van der Waals surface area contributed by atoms with Gasteiger partial charge in [0.1, 0.15) is 5.52 Å². The Labute approximate surface area is 198 Å². The number of carbonyl (C=O) groups excluding carboxylic acids is 1. The monoisotopic (exact) mass is 455 g/mol. The molecular weight excluding hydrogens is 430 g/mol. The number of aromatic nitrogens is 1. The third-order valence-electron chi connectivity index (χ3n) is 5.17. The van der Waals surface area contributed by atoms with Crippen LogP contribution in [0.5, 0.6) is 0 Å². The first-order chi connectivity index (χ1) is 16.0. The predicted octanol–water partition coefficient (Wildman–Crippen LogP) is 6.07. The SMILES string of the molecule is CC(C)c1ccc(/C=C/C(=O)NC(=S)Nc2ccc(Cc3nc4ccccc4o3)cc2)cc1. The Morgan fingerprint density at radius 3 is 2.45 bits per heavy atom. The number of nitrogens with one attached hydrogen (secondary N) is 2. The van der Waals surface area contributed by atoms with Gasteiger partial charge in [-0.05, 0) is 65.2 Å². The normalized spacial score (nSPS) is 11.2. The molecule has 0 aliphatic rings. The van der Waals surface area contributed by atoms with E-state index in [4.69, 9.17) is 16.6 Å². The van der Waals surface area contributed by atoms with Crippen molar-refractivity contribution in [1.82, 2.24) is 10.3 Å². The molecule has 2 N–H and O–H groups in total. The summed E-state index contributed by atoms with van der Waals surface area (Å²) in [5, 5.41) is 5.94. The van der Waals surface area contributed by atoms with Crippen molar-refractivity contribution in [3.05, 3.63) is 101 Å². The van der Waals surface area contributed by atoms with E-state index in [1.54, 1.807) is 6.08 Å². The largest absolute Gasteiger partial charge is 0.440 e. The number of amides is 1. The van der Waals surface area contributed by atoms with E-state index in [0.29, 0.717) is 18.2 Å². The number of para-hydroxylation sites is 2. The molecule has 33 heavy (non-hydrogen) atoms. The minimum atomic E-state index is -0.284. The van der Waals surface area contributed by atoms with Gasteiger partial charge in [-0.3, -0.25) is 10.1 Å². The van der Waals surface area contributed by atoms with Crippen molar-refractivity contribution in [1.29, 1.82) is 0 Å². The van der Waals surface area contributed by atoms with Crippen LogP contribution in [0.15, 0.2) is 83.3 Å². The minimum Gasteiger partial charge on any atom is -0.440 e. The summed E-state index contributed by atoms with van der Waals surface area (Å²) in [6.07, 6.45) is 3.84. The average Bonchev–Trinajstić information content (AvgIpc) is 3.21. The van der Waals surface area contributed by atoms with E-state index in [2.05, 4.69) is 41.6 Å². The van der Waals surface area contributed by atoms with Crippen LogP contribution in [0.3, 0.4) is 0 Å². The average molecular weight is 456 g/mol. The first kappa shape index (κ1) is 22.4. The molecular formula is C27H25N3O2S. The van der Waals surface area contributed by atoms with Crippen LogP contribution in [0.2, 0.25) is 0 Å². The van der Waals surface area contributed by atoms with Crippen molar-refractivity contribution in [3.63, 3.8) is 0 Å². The van der Waals surface area contributed by atoms with Crippen molar-refractivity contribution < 1.29 is 9.21 Å². The fourth-order valence-electron chi connectivity index (χ4n) is 3.36. The molecule has 4 aromatic rings. The number of nitrogens with zero attached hydrogens (tertiary/aromatic N) is 1. The molecule has 0 aliphatic carbocycles. The van der Waals surface area contributed by atoms with Gasteiger partial charge in [0.25, 0.3) is 0 Å². The number of anilines is 1. The Hall–Kier alpha value is -3.77. The summed E-state index contributed by atoms with van der Waals surface area (Å²) in [7, 11) is 0. The number of hydrogen-bond acceptors (Lipinski definition) is 4. The quantitative estimate of drug-likeness (QED) is 0.273. The molecule has 0 saturated carbocycles. The van der Waals surface area contributed by atoms with Gasteiger partial charge in [-0.2, -0.15) is 0 Å². The van der Waals surface area contributed by atoms with Gasteiger partial charge < -0.3 is 9.73 Å². The first-order valence-electron chi connectivity index (χ1n) is 10.8. The molecule has 5 nitrogen and oxygen atoms in total. The highest BCUT2D eigenvalue weighted by Crippen LogP contribution is 2.19. The van der Waals surface area contributed by atoms with Crippen LogP contribution in [-0.2, 0) is 11.2 Å². The lowest BCUT2D eigenvalue weighted by molar-refractivity contribution is -0.115. The van der Waals surface area contributed by atoms with Crippen LogP contribution >= 0.6 is 12.2 Å². The second-order valence-corrected chi connectivity index (χ2v) is 8.46. The van der Waals surface area contributed by atoms with Gasteiger partial charge in [-0.15, -0.1) is 0 Å². The van der Waals surface area contributed by atoms with Crippen LogP contribution in [0, 0.1) is 0 Å². The summed E-state index contributed by atoms with van der Waals surface area (Å²) in [5.41, 5.74) is 5.72. The van der Waals surface area contributed by atoms with Gasteiger partial charge in [0.05, 0.1) is 0 Å². The fourth-order valence-corrected chi connectivity index (χ4v) is 3.57. The van der Waals surface area contributed by atoms with Crippen LogP contribution < -0.4 is 10.6 Å². The van der Waals surface area contributed by atoms with E-state index in [1.807, 2.05) is 60.7 Å². The fraction of sp³-hybridized carbons (Fsp3) is 0.148. The third kappa shape index (κ3) is 6.14. The molecule has 1 amide bonds. The number of benzene rings is 3. The molecule has 0 spiro atoms. The molecule has 0 fully saturated rings. The summed E-state index contributed by atoms with van der Waals surface area (Å²) >= 11 is 5.26. The molecule has 0 atom stereocenters. The predicted molar refractivity (Wildman–Crippen MR) is 137 cm³/mol. The highest BCUT2D eigenvalue weighted by Gasteiger charge is 2.07. The summed E-state index contributed by atoms with van der Waals surface area (Å²) in [6.45, 7) is 4.30. The Balaban J connectivity index is 1.28. The standard InChI is InChI=1S/C27H25N3O2S/c1-18(2)21-12-7-19(8-13-21)11-16-25(31)30-27(33)28-22-14-9-20(10-15-22)17-26-29-23-5-3-4-6-24(23)32-26/h3-16,18H,17H2,1-2H3,(H2,28,30,31,33)/b16-11+. The summed E-state index contributed by atoms with van der Waals surface area (Å²) < 4.78 is 5.78. The van der Waals surface area contributed by atoms with Gasteiger partial charge in [-0.1, -0.05) is 62.4 Å². The molecule has 6 heteroatoms. The second kappa shape index (κ2) is 10.2. The Bertz CT molecular complexity index is 1260. The molecule has 0 bridgehead atoms. The van der Waals surface area contributed by atoms with E-state index in [-0.39, 0.29) is 11.0 Å². The van der Waals surface area contributed by atoms with Gasteiger partial charge in [-0.25, -0.2) is 4.98 Å². The highest BCUT2D eigenvalue weighted by molar-refractivity contribution is 7.80. The van der Waals surface area contributed by atoms with Crippen molar-refractivity contribution >= 4 is 46.1 Å². The lowest BCUT2D eigenvalue weighted by atomic mass is 10.0. The lowest BCUT2D eigenvalue weighted by Gasteiger charge is -2.09. The van der Waals surface area contributed by atoms with Crippen molar-refractivity contribution in [2.75, 3.05) is 5.32 Å². The zero-order valence-corrected chi connectivity index (χ0v) is 19.4. The molecule has 166 valence electrons. The maximum atomic E-state index is 12.2. The molecule has 1 heterocycles. The summed E-state index contributed by atoms with van der Waals surface area (Å²) in [5.74, 6) is 0.865. The van der Waals surface area contributed by atoms with Crippen molar-refractivity contribution in [2.45, 2.75) is 26.2 Å². The van der Waals surface area contributed by atoms with Gasteiger partial charge in [0.15, 0.2) is 16.6 Å². The third-order valence-corrected chi connectivity index (χ3v) is 5.38. The van der Waals surface area contributed by atoms with Gasteiger partial charge >= 0.3 is 0 Å². The number of carbonyl (C=O) groups is 1. The number of oxazole rings is 1. The Kier molecular flexibility index (Phi) is 6.95. The number of rotatable bonds is 6. The molecule has 0 radical (unpaired) electrons. The molecule has 0 aliphatic heterocycles. The molecule has 1 aromatic heterocycles. The number of thiocarbonyl (C=S) groups is 1. The Morgan fingerprint density at radius 2 is 1.76 bits per heavy atom. The molecule has 3 aromatic carbocycles. The second-order valence-electron chi connectivity index (χ2n) is 8.05. The van der Waals surface area contributed by atoms with Crippen LogP contribution in [-0.4, -0.2) is 16.0 Å². The number of fused-ring (bicyclic) bond motifs is 1. The van der Waals surface area contributed by atoms with Crippen molar-refractivity contribution in [3.8, 4) is 0 Å². The molecule has 0 saturated heterocycles. The van der Waals surface area contributed by atoms with E-state index in [0.717, 1.165) is 27.9 Å². The minimum absolute atomic E-state index is 0.242. The smallest absolute Gasteiger partial charge is 0.250 e.